The van der Waals surface area contributed by atoms with Crippen LogP contribution in [-0.4, -0.2) is 48.5 Å². The molecule has 1 unspecified atom stereocenters. The molecule has 1 aliphatic rings. The van der Waals surface area contributed by atoms with Crippen molar-refractivity contribution in [2.45, 2.75) is 52.5 Å². The second kappa shape index (κ2) is 8.99. The summed E-state index contributed by atoms with van der Waals surface area (Å²) < 4.78 is 10.2. The van der Waals surface area contributed by atoms with E-state index in [-0.39, 0.29) is 25.1 Å². The summed E-state index contributed by atoms with van der Waals surface area (Å²) in [7, 11) is 0. The molecular weight excluding hydrogens is 342 g/mol. The van der Waals surface area contributed by atoms with Gasteiger partial charge in [-0.2, -0.15) is 0 Å². The number of thiophene rings is 1. The highest BCUT2D eigenvalue weighted by Gasteiger charge is 2.33. The highest BCUT2D eigenvalue weighted by Crippen LogP contribution is 2.23. The third-order valence-corrected chi connectivity index (χ3v) is 5.38. The first-order valence-electron chi connectivity index (χ1n) is 8.70. The number of amides is 1. The fourth-order valence-electron chi connectivity index (χ4n) is 2.97. The highest BCUT2D eigenvalue weighted by atomic mass is 32.1. The van der Waals surface area contributed by atoms with E-state index in [2.05, 4.69) is 0 Å². The van der Waals surface area contributed by atoms with Gasteiger partial charge in [-0.3, -0.25) is 4.79 Å². The van der Waals surface area contributed by atoms with Gasteiger partial charge in [-0.25, -0.2) is 9.59 Å². The molecule has 25 heavy (non-hydrogen) atoms. The molecule has 0 radical (unpaired) electrons. The Labute approximate surface area is 152 Å². The van der Waals surface area contributed by atoms with Gasteiger partial charge in [0, 0.05) is 11.4 Å². The van der Waals surface area contributed by atoms with E-state index in [9.17, 15) is 14.4 Å². The summed E-state index contributed by atoms with van der Waals surface area (Å²) in [6, 6.07) is 1.24. The van der Waals surface area contributed by atoms with Gasteiger partial charge in [0.15, 0.2) is 6.61 Å². The van der Waals surface area contributed by atoms with E-state index >= 15 is 0 Å². The van der Waals surface area contributed by atoms with Gasteiger partial charge >= 0.3 is 11.9 Å². The molecule has 0 aromatic carbocycles. The molecule has 1 aromatic rings. The molecule has 138 valence electrons. The molecule has 7 heteroatoms. The number of piperidine rings is 1. The summed E-state index contributed by atoms with van der Waals surface area (Å²) in [5.74, 6) is -1.23. The molecule has 6 nitrogen and oxygen atoms in total. The van der Waals surface area contributed by atoms with Crippen LogP contribution in [0.2, 0.25) is 0 Å². The summed E-state index contributed by atoms with van der Waals surface area (Å²) in [6.07, 6.45) is 3.15. The fourth-order valence-corrected chi connectivity index (χ4v) is 3.97. The summed E-state index contributed by atoms with van der Waals surface area (Å²) in [4.78, 5) is 39.7. The summed E-state index contributed by atoms with van der Waals surface area (Å²) >= 11 is 1.37. The molecule has 1 amide bonds. The van der Waals surface area contributed by atoms with Crippen molar-refractivity contribution >= 4 is 29.2 Å². The molecule has 0 N–H and O–H groups in total. The van der Waals surface area contributed by atoms with Crippen LogP contribution in [0.5, 0.6) is 0 Å². The maximum Gasteiger partial charge on any atom is 0.348 e. The third-order valence-electron chi connectivity index (χ3n) is 4.31. The second-order valence-electron chi connectivity index (χ2n) is 5.97. The molecule has 1 fully saturated rings. The number of rotatable bonds is 6. The van der Waals surface area contributed by atoms with Crippen molar-refractivity contribution in [3.63, 3.8) is 0 Å². The van der Waals surface area contributed by atoms with Crippen LogP contribution in [0.15, 0.2) is 6.07 Å². The first-order chi connectivity index (χ1) is 12.0. The Balaban J connectivity index is 1.95. The van der Waals surface area contributed by atoms with Gasteiger partial charge in [0.05, 0.1) is 6.61 Å². The molecule has 1 atom stereocenters. The van der Waals surface area contributed by atoms with Crippen molar-refractivity contribution in [3.8, 4) is 0 Å². The second-order valence-corrected chi connectivity index (χ2v) is 7.23. The Bertz CT molecular complexity index is 639. The number of carbonyl (C=O) groups is 3. The number of likely N-dealkylation sites (tertiary alicyclic amines) is 1. The average molecular weight is 367 g/mol. The van der Waals surface area contributed by atoms with E-state index < -0.39 is 12.0 Å². The number of nitrogens with zero attached hydrogens (tertiary/aromatic N) is 1. The number of ether oxygens (including phenoxy) is 2. The van der Waals surface area contributed by atoms with Crippen molar-refractivity contribution in [1.29, 1.82) is 0 Å². The first kappa shape index (κ1) is 19.4. The molecular formula is C18H25NO5S. The quantitative estimate of drug-likeness (QED) is 0.723. The van der Waals surface area contributed by atoms with E-state index in [1.54, 1.807) is 6.92 Å². The van der Waals surface area contributed by atoms with Crippen LogP contribution >= 0.6 is 11.3 Å². The zero-order chi connectivity index (χ0) is 18.4. The Morgan fingerprint density at radius 1 is 1.24 bits per heavy atom. The van der Waals surface area contributed by atoms with Crippen LogP contribution in [0, 0.1) is 6.92 Å². The van der Waals surface area contributed by atoms with Crippen LogP contribution in [0.3, 0.4) is 0 Å². The maximum absolute atomic E-state index is 12.4. The predicted molar refractivity (Wildman–Crippen MR) is 94.7 cm³/mol. The van der Waals surface area contributed by atoms with E-state index in [1.807, 2.05) is 19.9 Å². The maximum atomic E-state index is 12.4. The lowest BCUT2D eigenvalue weighted by Crippen LogP contribution is -2.50. The van der Waals surface area contributed by atoms with Gasteiger partial charge in [-0.1, -0.05) is 6.92 Å². The average Bonchev–Trinajstić information content (AvgIpc) is 3.00. The van der Waals surface area contributed by atoms with Crippen molar-refractivity contribution in [2.75, 3.05) is 19.8 Å². The predicted octanol–water partition coefficient (Wildman–Crippen LogP) is 2.72. The van der Waals surface area contributed by atoms with Gasteiger partial charge in [0.25, 0.3) is 5.91 Å². The van der Waals surface area contributed by atoms with E-state index in [0.29, 0.717) is 17.8 Å². The normalized spacial score (nSPS) is 17.2. The van der Waals surface area contributed by atoms with Gasteiger partial charge in [0.1, 0.15) is 10.9 Å². The van der Waals surface area contributed by atoms with Crippen molar-refractivity contribution < 1.29 is 23.9 Å². The molecule has 1 aromatic heterocycles. The molecule has 0 saturated carbocycles. The number of hydrogen-bond donors (Lipinski definition) is 0. The molecule has 0 bridgehead atoms. The number of carbonyl (C=O) groups excluding carboxylic acids is 3. The Morgan fingerprint density at radius 2 is 2.00 bits per heavy atom. The summed E-state index contributed by atoms with van der Waals surface area (Å²) in [5.41, 5.74) is 1.11. The topological polar surface area (TPSA) is 72.9 Å². The van der Waals surface area contributed by atoms with Crippen molar-refractivity contribution in [1.82, 2.24) is 4.90 Å². The highest BCUT2D eigenvalue weighted by molar-refractivity contribution is 7.14. The van der Waals surface area contributed by atoms with Gasteiger partial charge in [-0.15, -0.1) is 11.3 Å². The lowest BCUT2D eigenvalue weighted by molar-refractivity contribution is -0.157. The van der Waals surface area contributed by atoms with Gasteiger partial charge in [0.2, 0.25) is 0 Å². The lowest BCUT2D eigenvalue weighted by atomic mass is 10.0. The summed E-state index contributed by atoms with van der Waals surface area (Å²) in [5, 5.41) is 0. The van der Waals surface area contributed by atoms with Crippen LogP contribution in [-0.2, 0) is 25.5 Å². The Kier molecular flexibility index (Phi) is 6.99. The smallest absolute Gasteiger partial charge is 0.348 e. The largest absolute Gasteiger partial charge is 0.464 e. The van der Waals surface area contributed by atoms with Crippen LogP contribution in [0.25, 0.3) is 0 Å². The molecule has 0 aliphatic carbocycles. The van der Waals surface area contributed by atoms with E-state index in [1.165, 1.54) is 16.2 Å². The van der Waals surface area contributed by atoms with Crippen LogP contribution in [0.1, 0.15) is 53.2 Å². The molecule has 2 rings (SSSR count). The van der Waals surface area contributed by atoms with Gasteiger partial charge < -0.3 is 14.4 Å². The van der Waals surface area contributed by atoms with Crippen molar-refractivity contribution in [3.05, 3.63) is 21.4 Å². The summed E-state index contributed by atoms with van der Waals surface area (Å²) in [6.45, 7) is 6.14. The van der Waals surface area contributed by atoms with E-state index in [0.717, 1.165) is 29.7 Å². The zero-order valence-corrected chi connectivity index (χ0v) is 15.8. The minimum Gasteiger partial charge on any atom is -0.464 e. The Hall–Kier alpha value is -1.89. The lowest BCUT2D eigenvalue weighted by Gasteiger charge is -2.33. The Morgan fingerprint density at radius 3 is 2.64 bits per heavy atom. The number of esters is 2. The van der Waals surface area contributed by atoms with Gasteiger partial charge in [-0.05, 0) is 51.2 Å². The minimum absolute atomic E-state index is 0.282. The number of aryl methyl sites for hydroxylation is 2. The first-order valence-corrected chi connectivity index (χ1v) is 9.52. The SMILES string of the molecule is CCOC(=O)C1CCCCN1C(=O)COC(=O)c1cc(CC)c(C)s1. The van der Waals surface area contributed by atoms with Crippen LogP contribution < -0.4 is 0 Å². The molecule has 1 aliphatic heterocycles. The number of hydrogen-bond acceptors (Lipinski definition) is 6. The monoisotopic (exact) mass is 367 g/mol. The minimum atomic E-state index is -0.574. The molecule has 1 saturated heterocycles. The van der Waals surface area contributed by atoms with Crippen LogP contribution in [0.4, 0.5) is 0 Å². The fraction of sp³-hybridized carbons (Fsp3) is 0.611. The van der Waals surface area contributed by atoms with E-state index in [4.69, 9.17) is 9.47 Å². The zero-order valence-electron chi connectivity index (χ0n) is 15.0. The standard InChI is InChI=1S/C18H25NO5S/c1-4-13-10-15(25-12(13)3)18(22)24-11-16(20)19-9-7-6-8-14(19)17(21)23-5-2/h10,14H,4-9,11H2,1-3H3. The third kappa shape index (κ3) is 4.81. The molecule has 0 spiro atoms. The van der Waals surface area contributed by atoms with Crippen molar-refractivity contribution in [2.24, 2.45) is 0 Å². The molecule has 2 heterocycles.